The van der Waals surface area contributed by atoms with Crippen LogP contribution in [0.3, 0.4) is 0 Å². The van der Waals surface area contributed by atoms with Gasteiger partial charge in [-0.25, -0.2) is 0 Å². The van der Waals surface area contributed by atoms with Crippen LogP contribution >= 0.6 is 12.2 Å². The molecule has 1 aliphatic carbocycles. The highest BCUT2D eigenvalue weighted by molar-refractivity contribution is 7.80. The zero-order valence-corrected chi connectivity index (χ0v) is 18.1. The summed E-state index contributed by atoms with van der Waals surface area (Å²) in [5, 5.41) is 4.05. The molecule has 0 fully saturated rings. The van der Waals surface area contributed by atoms with Crippen LogP contribution in [0.15, 0.2) is 59.8 Å². The second kappa shape index (κ2) is 8.88. The first-order valence-corrected chi connectivity index (χ1v) is 10.7. The molecule has 1 unspecified atom stereocenters. The van der Waals surface area contributed by atoms with E-state index in [1.54, 1.807) is 7.11 Å². The number of benzene rings is 2. The van der Waals surface area contributed by atoms with E-state index in [4.69, 9.17) is 21.7 Å². The minimum Gasteiger partial charge on any atom is -0.493 e. The summed E-state index contributed by atoms with van der Waals surface area (Å²) < 4.78 is 11.6. The number of Topliss-reactive ketones (excluding diaryl/α,β-unsaturated/α-hetero) is 1. The Morgan fingerprint density at radius 2 is 1.93 bits per heavy atom. The van der Waals surface area contributed by atoms with Gasteiger partial charge in [0.05, 0.1) is 13.2 Å². The van der Waals surface area contributed by atoms with Crippen LogP contribution in [0.5, 0.6) is 11.5 Å². The first-order valence-electron chi connectivity index (χ1n) is 10.3. The van der Waals surface area contributed by atoms with Crippen molar-refractivity contribution in [1.29, 1.82) is 0 Å². The van der Waals surface area contributed by atoms with Crippen molar-refractivity contribution in [2.45, 2.75) is 38.8 Å². The number of hydrogen-bond acceptors (Lipinski definition) is 4. The molecule has 5 nitrogen and oxygen atoms in total. The van der Waals surface area contributed by atoms with E-state index >= 15 is 0 Å². The number of nitrogens with one attached hydrogen (secondary N) is 1. The van der Waals surface area contributed by atoms with Crippen LogP contribution in [0.2, 0.25) is 0 Å². The summed E-state index contributed by atoms with van der Waals surface area (Å²) in [6, 6.07) is 15.5. The molecule has 0 saturated carbocycles. The van der Waals surface area contributed by atoms with Crippen molar-refractivity contribution in [2.24, 2.45) is 0 Å². The number of carbonyl (C=O) groups excluding carboxylic acids is 1. The van der Waals surface area contributed by atoms with Crippen LogP contribution in [0.25, 0.3) is 0 Å². The Morgan fingerprint density at radius 3 is 2.67 bits per heavy atom. The standard InChI is InChI=1S/C24H26N2O3S/c1-3-26-18-10-7-11-19(27)22(18)23(25-24(26)30)17-12-13-20(28-2)21(14-17)29-15-16-8-5-4-6-9-16/h4-6,8-9,12-14,23H,3,7,10-11,15H2,1-2H3,(H,25,30). The Balaban J connectivity index is 1.69. The molecule has 0 saturated heterocycles. The molecule has 0 radical (unpaired) electrons. The molecule has 0 aromatic heterocycles. The fraction of sp³-hybridized carbons (Fsp3) is 0.333. The summed E-state index contributed by atoms with van der Waals surface area (Å²) in [4.78, 5) is 14.9. The van der Waals surface area contributed by atoms with E-state index in [9.17, 15) is 4.79 Å². The fourth-order valence-corrected chi connectivity index (χ4v) is 4.51. The maximum Gasteiger partial charge on any atom is 0.173 e. The van der Waals surface area contributed by atoms with Gasteiger partial charge in [-0.1, -0.05) is 36.4 Å². The number of allylic oxidation sites excluding steroid dienone is 1. The second-order valence-corrected chi connectivity index (χ2v) is 7.84. The maximum absolute atomic E-state index is 12.9. The van der Waals surface area contributed by atoms with Crippen molar-refractivity contribution in [3.63, 3.8) is 0 Å². The lowest BCUT2D eigenvalue weighted by atomic mass is 9.84. The van der Waals surface area contributed by atoms with Gasteiger partial charge in [0.25, 0.3) is 0 Å². The molecule has 156 valence electrons. The third-order valence-electron chi connectivity index (χ3n) is 5.63. The number of carbonyl (C=O) groups is 1. The zero-order valence-electron chi connectivity index (χ0n) is 17.3. The summed E-state index contributed by atoms with van der Waals surface area (Å²) in [5.74, 6) is 1.50. The molecule has 2 aromatic rings. The molecule has 0 bridgehead atoms. The monoisotopic (exact) mass is 422 g/mol. The molecule has 1 N–H and O–H groups in total. The van der Waals surface area contributed by atoms with E-state index in [0.29, 0.717) is 29.6 Å². The lowest BCUT2D eigenvalue weighted by Gasteiger charge is -2.40. The van der Waals surface area contributed by atoms with Gasteiger partial charge in [-0.15, -0.1) is 0 Å². The molecule has 0 amide bonds. The minimum absolute atomic E-state index is 0.192. The van der Waals surface area contributed by atoms with E-state index in [-0.39, 0.29) is 11.8 Å². The Kier molecular flexibility index (Phi) is 6.04. The Bertz CT molecular complexity index is 987. The molecule has 0 spiro atoms. The third-order valence-corrected chi connectivity index (χ3v) is 5.97. The van der Waals surface area contributed by atoms with Crippen LogP contribution in [-0.2, 0) is 11.4 Å². The third kappa shape index (κ3) is 3.92. The van der Waals surface area contributed by atoms with Crippen molar-refractivity contribution in [1.82, 2.24) is 10.2 Å². The molecule has 1 aliphatic heterocycles. The number of ether oxygens (including phenoxy) is 2. The number of nitrogens with zero attached hydrogens (tertiary/aromatic N) is 1. The highest BCUT2D eigenvalue weighted by atomic mass is 32.1. The maximum atomic E-state index is 12.9. The summed E-state index contributed by atoms with van der Waals surface area (Å²) >= 11 is 5.62. The number of rotatable bonds is 6. The Morgan fingerprint density at radius 1 is 1.13 bits per heavy atom. The van der Waals surface area contributed by atoms with Crippen molar-refractivity contribution in [3.05, 3.63) is 70.9 Å². The summed E-state index contributed by atoms with van der Waals surface area (Å²) in [5.41, 5.74) is 3.91. The molecule has 6 heteroatoms. The molecular formula is C24H26N2O3S. The largest absolute Gasteiger partial charge is 0.493 e. The van der Waals surface area contributed by atoms with Crippen molar-refractivity contribution >= 4 is 23.1 Å². The van der Waals surface area contributed by atoms with E-state index in [0.717, 1.165) is 41.8 Å². The van der Waals surface area contributed by atoms with Crippen LogP contribution in [-0.4, -0.2) is 29.5 Å². The number of methoxy groups -OCH3 is 1. The van der Waals surface area contributed by atoms with Crippen molar-refractivity contribution < 1.29 is 14.3 Å². The van der Waals surface area contributed by atoms with Crippen LogP contribution in [0.4, 0.5) is 0 Å². The molecular weight excluding hydrogens is 396 g/mol. The average molecular weight is 423 g/mol. The highest BCUT2D eigenvalue weighted by Gasteiger charge is 2.36. The van der Waals surface area contributed by atoms with E-state index in [1.165, 1.54) is 0 Å². The van der Waals surface area contributed by atoms with Gasteiger partial charge in [-0.3, -0.25) is 4.79 Å². The predicted octanol–water partition coefficient (Wildman–Crippen LogP) is 4.53. The van der Waals surface area contributed by atoms with E-state index in [1.807, 2.05) is 48.5 Å². The first kappa shape index (κ1) is 20.4. The summed E-state index contributed by atoms with van der Waals surface area (Å²) in [6.45, 7) is 3.24. The lowest BCUT2D eigenvalue weighted by Crippen LogP contribution is -2.49. The van der Waals surface area contributed by atoms with Crippen LogP contribution < -0.4 is 14.8 Å². The molecule has 30 heavy (non-hydrogen) atoms. The SMILES string of the molecule is CCN1C(=S)NC(c2ccc(OC)c(OCc3ccccc3)c2)C2=C1CCCC2=O. The number of ketones is 1. The smallest absolute Gasteiger partial charge is 0.173 e. The summed E-state index contributed by atoms with van der Waals surface area (Å²) in [6.07, 6.45) is 2.33. The van der Waals surface area contributed by atoms with Crippen molar-refractivity contribution in [2.75, 3.05) is 13.7 Å². The normalized spacial score (nSPS) is 18.7. The van der Waals surface area contributed by atoms with Gasteiger partial charge in [0.2, 0.25) is 0 Å². The number of hydrogen-bond donors (Lipinski definition) is 1. The molecule has 2 aliphatic rings. The average Bonchev–Trinajstić information content (AvgIpc) is 2.78. The highest BCUT2D eigenvalue weighted by Crippen LogP contribution is 2.39. The summed E-state index contributed by atoms with van der Waals surface area (Å²) in [7, 11) is 1.63. The van der Waals surface area contributed by atoms with Crippen LogP contribution in [0.1, 0.15) is 43.4 Å². The van der Waals surface area contributed by atoms with Gasteiger partial charge in [-0.05, 0) is 55.2 Å². The molecule has 1 heterocycles. The van der Waals surface area contributed by atoms with E-state index in [2.05, 4.69) is 17.1 Å². The predicted molar refractivity (Wildman–Crippen MR) is 121 cm³/mol. The number of thiocarbonyl (C=S) groups is 1. The van der Waals surface area contributed by atoms with Crippen LogP contribution in [0, 0.1) is 0 Å². The Labute approximate surface area is 182 Å². The minimum atomic E-state index is -0.270. The van der Waals surface area contributed by atoms with Gasteiger partial charge < -0.3 is 19.7 Å². The van der Waals surface area contributed by atoms with Crippen molar-refractivity contribution in [3.8, 4) is 11.5 Å². The quantitative estimate of drug-likeness (QED) is 0.690. The zero-order chi connectivity index (χ0) is 21.1. The van der Waals surface area contributed by atoms with Gasteiger partial charge in [0, 0.05) is 24.2 Å². The lowest BCUT2D eigenvalue weighted by molar-refractivity contribution is -0.116. The Hall–Kier alpha value is -2.86. The van der Waals surface area contributed by atoms with Gasteiger partial charge in [0.15, 0.2) is 22.4 Å². The van der Waals surface area contributed by atoms with Gasteiger partial charge >= 0.3 is 0 Å². The fourth-order valence-electron chi connectivity index (χ4n) is 4.16. The first-order chi connectivity index (χ1) is 14.6. The molecule has 2 aromatic carbocycles. The second-order valence-electron chi connectivity index (χ2n) is 7.45. The van der Waals surface area contributed by atoms with Gasteiger partial charge in [-0.2, -0.15) is 0 Å². The molecule has 1 atom stereocenters. The van der Waals surface area contributed by atoms with E-state index < -0.39 is 0 Å². The van der Waals surface area contributed by atoms with Gasteiger partial charge in [0.1, 0.15) is 6.61 Å². The topological polar surface area (TPSA) is 50.8 Å². The molecule has 4 rings (SSSR count).